The molecule has 0 radical (unpaired) electrons. The molecule has 1 unspecified atom stereocenters. The van der Waals surface area contributed by atoms with Crippen LogP contribution in [0.25, 0.3) is 0 Å². The van der Waals surface area contributed by atoms with Crippen molar-refractivity contribution in [3.05, 3.63) is 48.0 Å². The summed E-state index contributed by atoms with van der Waals surface area (Å²) in [6.07, 6.45) is 4.25. The Morgan fingerprint density at radius 2 is 2.09 bits per heavy atom. The number of aliphatic hydroxyl groups is 1. The summed E-state index contributed by atoms with van der Waals surface area (Å²) < 4.78 is 14.7. The highest BCUT2D eigenvalue weighted by Crippen LogP contribution is 2.19. The van der Waals surface area contributed by atoms with Gasteiger partial charge in [-0.3, -0.25) is 4.68 Å². The predicted octanol–water partition coefficient (Wildman–Crippen LogP) is 2.46. The van der Waals surface area contributed by atoms with Gasteiger partial charge in [0.1, 0.15) is 11.4 Å². The first-order valence-electron chi connectivity index (χ1n) is 7.46. The lowest BCUT2D eigenvalue weighted by Gasteiger charge is -2.24. The minimum Gasteiger partial charge on any atom is -0.384 e. The molecule has 3 N–H and O–H groups in total. The second-order valence-corrected chi connectivity index (χ2v) is 5.58. The zero-order valence-electron chi connectivity index (χ0n) is 13.2. The van der Waals surface area contributed by atoms with E-state index in [9.17, 15) is 14.3 Å². The van der Waals surface area contributed by atoms with E-state index in [2.05, 4.69) is 15.7 Å². The average molecular weight is 320 g/mol. The number of rotatable bonds is 6. The summed E-state index contributed by atoms with van der Waals surface area (Å²) in [5.41, 5.74) is -0.190. The zero-order chi connectivity index (χ0) is 16.9. The average Bonchev–Trinajstić information content (AvgIpc) is 2.93. The minimum absolute atomic E-state index is 0.00639. The number of urea groups is 1. The smallest absolute Gasteiger partial charge is 0.319 e. The van der Waals surface area contributed by atoms with Crippen LogP contribution in [0.3, 0.4) is 0 Å². The Balaban J connectivity index is 1.88. The van der Waals surface area contributed by atoms with E-state index in [1.54, 1.807) is 24.0 Å². The summed E-state index contributed by atoms with van der Waals surface area (Å²) in [7, 11) is 0. The fourth-order valence-electron chi connectivity index (χ4n) is 2.12. The lowest BCUT2D eigenvalue weighted by Crippen LogP contribution is -2.40. The predicted molar refractivity (Wildman–Crippen MR) is 85.5 cm³/mol. The quantitative estimate of drug-likeness (QED) is 0.765. The maximum Gasteiger partial charge on any atom is 0.319 e. The molecule has 23 heavy (non-hydrogen) atoms. The molecule has 1 atom stereocenters. The van der Waals surface area contributed by atoms with Crippen LogP contribution < -0.4 is 10.6 Å². The molecule has 1 heterocycles. The minimum atomic E-state index is -1.29. The van der Waals surface area contributed by atoms with Gasteiger partial charge in [0.05, 0.1) is 18.4 Å². The number of halogens is 1. The van der Waals surface area contributed by atoms with Gasteiger partial charge in [-0.25, -0.2) is 9.18 Å². The van der Waals surface area contributed by atoms with E-state index < -0.39 is 11.6 Å². The van der Waals surface area contributed by atoms with Gasteiger partial charge >= 0.3 is 6.03 Å². The van der Waals surface area contributed by atoms with Gasteiger partial charge in [0, 0.05) is 12.7 Å². The number of amides is 2. The van der Waals surface area contributed by atoms with Crippen molar-refractivity contribution in [1.82, 2.24) is 15.1 Å². The summed E-state index contributed by atoms with van der Waals surface area (Å²) in [5.74, 6) is -0.376. The number of carbonyl (C=O) groups excluding carboxylic acids is 1. The molecule has 0 saturated carbocycles. The second kappa shape index (κ2) is 7.23. The van der Waals surface area contributed by atoms with Gasteiger partial charge in [-0.2, -0.15) is 5.10 Å². The summed E-state index contributed by atoms with van der Waals surface area (Å²) in [6.45, 7) is 4.37. The Morgan fingerprint density at radius 3 is 2.74 bits per heavy atom. The summed E-state index contributed by atoms with van der Waals surface area (Å²) >= 11 is 0. The summed E-state index contributed by atoms with van der Waals surface area (Å²) in [6, 6.07) is 5.08. The van der Waals surface area contributed by atoms with E-state index in [0.717, 1.165) is 13.0 Å². The van der Waals surface area contributed by atoms with Crippen LogP contribution in [0.5, 0.6) is 0 Å². The van der Waals surface area contributed by atoms with Crippen LogP contribution in [-0.2, 0) is 12.1 Å². The topological polar surface area (TPSA) is 79.2 Å². The molecule has 0 aliphatic heterocycles. The van der Waals surface area contributed by atoms with Crippen molar-refractivity contribution in [1.29, 1.82) is 0 Å². The zero-order valence-corrected chi connectivity index (χ0v) is 13.2. The van der Waals surface area contributed by atoms with E-state index in [1.165, 1.54) is 24.3 Å². The highest BCUT2D eigenvalue weighted by Gasteiger charge is 2.23. The Morgan fingerprint density at radius 1 is 1.39 bits per heavy atom. The maximum absolute atomic E-state index is 12.9. The highest BCUT2D eigenvalue weighted by atomic mass is 19.1. The Bertz CT molecular complexity index is 652. The molecule has 0 bridgehead atoms. The molecular weight excluding hydrogens is 299 g/mol. The summed E-state index contributed by atoms with van der Waals surface area (Å²) in [5, 5.41) is 19.7. The van der Waals surface area contributed by atoms with Gasteiger partial charge in [-0.05, 0) is 31.0 Å². The van der Waals surface area contributed by atoms with Gasteiger partial charge in [-0.15, -0.1) is 0 Å². The Kier molecular flexibility index (Phi) is 5.33. The van der Waals surface area contributed by atoms with Gasteiger partial charge in [0.25, 0.3) is 0 Å². The fraction of sp³-hybridized carbons (Fsp3) is 0.375. The first-order chi connectivity index (χ1) is 10.9. The van der Waals surface area contributed by atoms with Crippen LogP contribution in [0.1, 0.15) is 25.8 Å². The van der Waals surface area contributed by atoms with Gasteiger partial charge in [0.2, 0.25) is 0 Å². The molecule has 0 aliphatic carbocycles. The van der Waals surface area contributed by atoms with E-state index in [0.29, 0.717) is 11.3 Å². The molecule has 1 aromatic heterocycles. The molecule has 6 nitrogen and oxygen atoms in total. The largest absolute Gasteiger partial charge is 0.384 e. The molecule has 124 valence electrons. The van der Waals surface area contributed by atoms with Crippen LogP contribution >= 0.6 is 0 Å². The third-order valence-corrected chi connectivity index (χ3v) is 3.40. The Hall–Kier alpha value is -2.41. The normalized spacial score (nSPS) is 13.4. The molecule has 0 aliphatic rings. The molecule has 2 amide bonds. The molecule has 1 aromatic carbocycles. The standard InChI is InChI=1S/C16H21FN4O2/c1-3-8-21-10-14(9-19-21)20-15(22)18-11-16(2,23)12-4-6-13(17)7-5-12/h4-7,9-10,23H,3,8,11H2,1-2H3,(H2,18,20,22). The van der Waals surface area contributed by atoms with E-state index >= 15 is 0 Å². The Labute approximate surface area is 134 Å². The molecule has 2 rings (SSSR count). The van der Waals surface area contributed by atoms with Crippen molar-refractivity contribution in [3.8, 4) is 0 Å². The molecule has 0 spiro atoms. The van der Waals surface area contributed by atoms with Crippen molar-refractivity contribution in [2.24, 2.45) is 0 Å². The lowest BCUT2D eigenvalue weighted by molar-refractivity contribution is 0.0599. The number of nitrogens with one attached hydrogen (secondary N) is 2. The van der Waals surface area contributed by atoms with E-state index in [1.807, 2.05) is 6.92 Å². The van der Waals surface area contributed by atoms with Crippen LogP contribution in [0.15, 0.2) is 36.7 Å². The fourth-order valence-corrected chi connectivity index (χ4v) is 2.12. The summed E-state index contributed by atoms with van der Waals surface area (Å²) in [4.78, 5) is 11.9. The first kappa shape index (κ1) is 17.0. The molecular formula is C16H21FN4O2. The molecule has 7 heteroatoms. The highest BCUT2D eigenvalue weighted by molar-refractivity contribution is 5.88. The molecule has 0 fully saturated rings. The number of carbonyl (C=O) groups is 1. The van der Waals surface area contributed by atoms with Crippen molar-refractivity contribution >= 4 is 11.7 Å². The number of benzene rings is 1. The number of nitrogens with zero attached hydrogens (tertiary/aromatic N) is 2. The number of hydrogen-bond donors (Lipinski definition) is 3. The SMILES string of the molecule is CCCn1cc(NC(=O)NCC(C)(O)c2ccc(F)cc2)cn1. The van der Waals surface area contributed by atoms with Crippen molar-refractivity contribution in [2.45, 2.75) is 32.4 Å². The molecule has 2 aromatic rings. The second-order valence-electron chi connectivity index (χ2n) is 5.58. The number of hydrogen-bond acceptors (Lipinski definition) is 3. The maximum atomic E-state index is 12.9. The van der Waals surface area contributed by atoms with Crippen LogP contribution in [0, 0.1) is 5.82 Å². The third kappa shape index (κ3) is 4.79. The number of aryl methyl sites for hydroxylation is 1. The molecule has 0 saturated heterocycles. The van der Waals surface area contributed by atoms with E-state index in [-0.39, 0.29) is 12.4 Å². The van der Waals surface area contributed by atoms with Crippen molar-refractivity contribution in [2.75, 3.05) is 11.9 Å². The monoisotopic (exact) mass is 320 g/mol. The first-order valence-corrected chi connectivity index (χ1v) is 7.46. The number of aromatic nitrogens is 2. The van der Waals surface area contributed by atoms with Crippen molar-refractivity contribution in [3.63, 3.8) is 0 Å². The van der Waals surface area contributed by atoms with Gasteiger partial charge in [0.15, 0.2) is 0 Å². The lowest BCUT2D eigenvalue weighted by atomic mass is 9.96. The van der Waals surface area contributed by atoms with Crippen LogP contribution in [0.4, 0.5) is 14.9 Å². The van der Waals surface area contributed by atoms with E-state index in [4.69, 9.17) is 0 Å². The van der Waals surface area contributed by atoms with Crippen LogP contribution in [0.2, 0.25) is 0 Å². The van der Waals surface area contributed by atoms with Crippen LogP contribution in [-0.4, -0.2) is 27.5 Å². The van der Waals surface area contributed by atoms with Crippen molar-refractivity contribution < 1.29 is 14.3 Å². The number of anilines is 1. The third-order valence-electron chi connectivity index (χ3n) is 3.40. The van der Waals surface area contributed by atoms with Gasteiger partial charge < -0.3 is 15.7 Å². The van der Waals surface area contributed by atoms with Gasteiger partial charge in [-0.1, -0.05) is 19.1 Å².